The second-order valence-corrected chi connectivity index (χ2v) is 8.72. The van der Waals surface area contributed by atoms with Gasteiger partial charge in [0.2, 0.25) is 5.95 Å². The van der Waals surface area contributed by atoms with Crippen LogP contribution in [0.1, 0.15) is 13.3 Å². The fraction of sp³-hybridized carbons (Fsp3) is 0.333. The average molecular weight is 384 g/mol. The topological polar surface area (TPSA) is 101 Å². The molecule has 0 bridgehead atoms. The Morgan fingerprint density at radius 1 is 1.26 bits per heavy atom. The first kappa shape index (κ1) is 17.6. The molecule has 1 atom stereocenters. The van der Waals surface area contributed by atoms with E-state index < -0.39 is 9.84 Å². The third-order valence-corrected chi connectivity index (χ3v) is 6.46. The van der Waals surface area contributed by atoms with Crippen LogP contribution in [0, 0.1) is 0 Å². The number of benzene rings is 1. The van der Waals surface area contributed by atoms with E-state index in [9.17, 15) is 8.42 Å². The van der Waals surface area contributed by atoms with Crippen molar-refractivity contribution in [3.63, 3.8) is 0 Å². The van der Waals surface area contributed by atoms with E-state index in [0.717, 1.165) is 16.6 Å². The number of rotatable bonds is 5. The maximum Gasteiger partial charge on any atom is 0.249 e. The lowest BCUT2D eigenvalue weighted by Gasteiger charge is -2.27. The van der Waals surface area contributed by atoms with Crippen molar-refractivity contribution in [2.75, 3.05) is 28.3 Å². The Kier molecular flexibility index (Phi) is 4.61. The number of hydrogen-bond acceptors (Lipinski definition) is 8. The summed E-state index contributed by atoms with van der Waals surface area (Å²) in [6.07, 6.45) is 3.92. The lowest BCUT2D eigenvalue weighted by Crippen LogP contribution is -2.37. The molecule has 4 rings (SSSR count). The second-order valence-electron chi connectivity index (χ2n) is 6.49. The maximum absolute atomic E-state index is 11.8. The van der Waals surface area contributed by atoms with Gasteiger partial charge in [-0.3, -0.25) is 4.98 Å². The molecule has 8 nitrogen and oxygen atoms in total. The fourth-order valence-electron chi connectivity index (χ4n) is 3.44. The third-order valence-electron chi connectivity index (χ3n) is 4.71. The molecular formula is C18H20N6O2S. The van der Waals surface area contributed by atoms with Gasteiger partial charge < -0.3 is 10.2 Å². The summed E-state index contributed by atoms with van der Waals surface area (Å²) in [4.78, 5) is 10.9. The molecule has 0 amide bonds. The van der Waals surface area contributed by atoms with Crippen LogP contribution in [-0.4, -0.2) is 52.7 Å². The molecule has 1 unspecified atom stereocenters. The molecule has 9 heteroatoms. The Hall–Kier alpha value is -2.81. The summed E-state index contributed by atoms with van der Waals surface area (Å²) < 4.78 is 23.7. The number of anilines is 3. The monoisotopic (exact) mass is 384 g/mol. The number of para-hydroxylation sites is 1. The van der Waals surface area contributed by atoms with Crippen molar-refractivity contribution in [2.24, 2.45) is 0 Å². The van der Waals surface area contributed by atoms with Crippen molar-refractivity contribution >= 4 is 38.2 Å². The Balaban J connectivity index is 1.62. The molecule has 0 saturated carbocycles. The molecule has 1 aromatic carbocycles. The Bertz CT molecular complexity index is 1070. The maximum atomic E-state index is 11.8. The predicted molar refractivity (Wildman–Crippen MR) is 105 cm³/mol. The number of pyridine rings is 1. The van der Waals surface area contributed by atoms with Crippen LogP contribution in [0.25, 0.3) is 10.9 Å². The van der Waals surface area contributed by atoms with Crippen LogP contribution in [0.15, 0.2) is 42.7 Å². The van der Waals surface area contributed by atoms with E-state index in [2.05, 4.69) is 25.5 Å². The summed E-state index contributed by atoms with van der Waals surface area (Å²) in [5.74, 6) is 1.34. The molecule has 0 spiro atoms. The van der Waals surface area contributed by atoms with Gasteiger partial charge in [-0.25, -0.2) is 8.42 Å². The Labute approximate surface area is 157 Å². The highest BCUT2D eigenvalue weighted by Crippen LogP contribution is 2.25. The normalized spacial score (nSPS) is 18.5. The number of hydrogen-bond donors (Lipinski definition) is 1. The smallest absolute Gasteiger partial charge is 0.249 e. The molecule has 1 fully saturated rings. The van der Waals surface area contributed by atoms with Crippen LogP contribution in [0.2, 0.25) is 0 Å². The van der Waals surface area contributed by atoms with Crippen molar-refractivity contribution in [2.45, 2.75) is 19.4 Å². The van der Waals surface area contributed by atoms with Crippen molar-refractivity contribution < 1.29 is 8.42 Å². The highest BCUT2D eigenvalue weighted by atomic mass is 32.2. The molecule has 2 aromatic heterocycles. The summed E-state index contributed by atoms with van der Waals surface area (Å²) >= 11 is 0. The van der Waals surface area contributed by atoms with Crippen LogP contribution in [0.4, 0.5) is 17.5 Å². The molecule has 1 aliphatic rings. The Morgan fingerprint density at radius 3 is 2.89 bits per heavy atom. The summed E-state index contributed by atoms with van der Waals surface area (Å²) in [7, 11) is -2.97. The molecular weight excluding hydrogens is 364 g/mol. The van der Waals surface area contributed by atoms with Crippen LogP contribution < -0.4 is 10.2 Å². The molecule has 1 saturated heterocycles. The van der Waals surface area contributed by atoms with Gasteiger partial charge in [0.15, 0.2) is 15.7 Å². The molecule has 1 aliphatic heterocycles. The second kappa shape index (κ2) is 7.07. The number of sulfone groups is 1. The molecule has 140 valence electrons. The quantitative estimate of drug-likeness (QED) is 0.714. The lowest BCUT2D eigenvalue weighted by molar-refractivity contribution is 0.599. The number of nitrogens with one attached hydrogen (secondary N) is 1. The lowest BCUT2D eigenvalue weighted by atomic mass is 10.2. The standard InChI is InChI=1S/C18H20N6O2S/c1-2-24(14-8-10-27(25,26)12-14)16-11-20-23-18(22-16)21-15-7-3-5-13-6-4-9-19-17(13)15/h3-7,9,11,14H,2,8,10,12H2,1H3,(H,21,22,23). The molecule has 3 aromatic rings. The first-order chi connectivity index (χ1) is 13.1. The van der Waals surface area contributed by atoms with E-state index in [0.29, 0.717) is 24.7 Å². The van der Waals surface area contributed by atoms with Gasteiger partial charge >= 0.3 is 0 Å². The summed E-state index contributed by atoms with van der Waals surface area (Å²) in [5.41, 5.74) is 1.61. The molecule has 0 radical (unpaired) electrons. The van der Waals surface area contributed by atoms with Gasteiger partial charge in [0, 0.05) is 24.2 Å². The minimum absolute atomic E-state index is 0.0798. The van der Waals surface area contributed by atoms with E-state index in [-0.39, 0.29) is 17.5 Å². The molecule has 1 N–H and O–H groups in total. The fourth-order valence-corrected chi connectivity index (χ4v) is 5.17. The van der Waals surface area contributed by atoms with Crippen molar-refractivity contribution in [3.8, 4) is 0 Å². The van der Waals surface area contributed by atoms with Crippen LogP contribution in [0.3, 0.4) is 0 Å². The van der Waals surface area contributed by atoms with Gasteiger partial charge in [-0.1, -0.05) is 18.2 Å². The van der Waals surface area contributed by atoms with Crippen LogP contribution in [0.5, 0.6) is 0 Å². The zero-order valence-corrected chi connectivity index (χ0v) is 15.7. The van der Waals surface area contributed by atoms with Gasteiger partial charge in [-0.15, -0.1) is 5.10 Å². The third kappa shape index (κ3) is 3.68. The number of aromatic nitrogens is 4. The highest BCUT2D eigenvalue weighted by molar-refractivity contribution is 7.91. The van der Waals surface area contributed by atoms with Crippen molar-refractivity contribution in [1.29, 1.82) is 0 Å². The van der Waals surface area contributed by atoms with E-state index in [1.807, 2.05) is 42.2 Å². The zero-order chi connectivity index (χ0) is 18.9. The van der Waals surface area contributed by atoms with Crippen molar-refractivity contribution in [1.82, 2.24) is 20.2 Å². The van der Waals surface area contributed by atoms with Gasteiger partial charge in [-0.05, 0) is 25.5 Å². The van der Waals surface area contributed by atoms with E-state index in [1.165, 1.54) is 0 Å². The van der Waals surface area contributed by atoms with Gasteiger partial charge in [-0.2, -0.15) is 10.1 Å². The SMILES string of the molecule is CCN(c1cnnc(Nc2cccc3cccnc23)n1)C1CCS(=O)(=O)C1. The van der Waals surface area contributed by atoms with E-state index in [4.69, 9.17) is 0 Å². The minimum Gasteiger partial charge on any atom is -0.351 e. The average Bonchev–Trinajstić information content (AvgIpc) is 3.03. The highest BCUT2D eigenvalue weighted by Gasteiger charge is 2.32. The Morgan fingerprint density at radius 2 is 2.11 bits per heavy atom. The molecule has 3 heterocycles. The molecule has 27 heavy (non-hydrogen) atoms. The summed E-state index contributed by atoms with van der Waals surface area (Å²) in [6, 6.07) is 9.63. The summed E-state index contributed by atoms with van der Waals surface area (Å²) in [5, 5.41) is 12.3. The first-order valence-electron chi connectivity index (χ1n) is 8.83. The first-order valence-corrected chi connectivity index (χ1v) is 10.7. The van der Waals surface area contributed by atoms with Crippen LogP contribution >= 0.6 is 0 Å². The number of nitrogens with zero attached hydrogens (tertiary/aromatic N) is 5. The van der Waals surface area contributed by atoms with E-state index >= 15 is 0 Å². The number of fused-ring (bicyclic) bond motifs is 1. The minimum atomic E-state index is -2.97. The van der Waals surface area contributed by atoms with Crippen molar-refractivity contribution in [3.05, 3.63) is 42.7 Å². The van der Waals surface area contributed by atoms with Gasteiger partial charge in [0.1, 0.15) is 0 Å². The van der Waals surface area contributed by atoms with Gasteiger partial charge in [0.25, 0.3) is 0 Å². The van der Waals surface area contributed by atoms with Crippen LogP contribution in [-0.2, 0) is 9.84 Å². The molecule has 0 aliphatic carbocycles. The van der Waals surface area contributed by atoms with Gasteiger partial charge in [0.05, 0.1) is 28.9 Å². The van der Waals surface area contributed by atoms with E-state index in [1.54, 1.807) is 12.4 Å². The predicted octanol–water partition coefficient (Wildman–Crippen LogP) is 2.18. The summed E-state index contributed by atoms with van der Waals surface area (Å²) in [6.45, 7) is 2.63. The zero-order valence-electron chi connectivity index (χ0n) is 14.9. The largest absolute Gasteiger partial charge is 0.351 e.